The Labute approximate surface area is 124 Å². The fourth-order valence-corrected chi connectivity index (χ4v) is 3.37. The number of nitrogens with zero attached hydrogens (tertiary/aromatic N) is 2. The van der Waals surface area contributed by atoms with Gasteiger partial charge in [0, 0.05) is 13.2 Å². The van der Waals surface area contributed by atoms with Gasteiger partial charge in [0.05, 0.1) is 18.6 Å². The molecule has 1 aliphatic heterocycles. The Hall–Kier alpha value is -0.980. The van der Waals surface area contributed by atoms with E-state index in [0.717, 1.165) is 25.7 Å². The zero-order valence-electron chi connectivity index (χ0n) is 12.6. The normalized spacial score (nSPS) is 29.4. The molecule has 0 spiro atoms. The van der Waals surface area contributed by atoms with E-state index in [1.165, 1.54) is 6.42 Å². The van der Waals surface area contributed by atoms with Crippen molar-refractivity contribution in [3.8, 4) is 0 Å². The molecule has 2 aliphatic rings. The first-order valence-corrected chi connectivity index (χ1v) is 7.99. The van der Waals surface area contributed by atoms with Gasteiger partial charge in [0.2, 0.25) is 11.7 Å². The van der Waals surface area contributed by atoms with Crippen LogP contribution in [-0.2, 0) is 15.1 Å². The average Bonchev–Trinajstić information content (AvgIpc) is 2.99. The van der Waals surface area contributed by atoms with E-state index in [1.54, 1.807) is 0 Å². The molecule has 6 heteroatoms. The van der Waals surface area contributed by atoms with Gasteiger partial charge in [-0.2, -0.15) is 4.98 Å². The second-order valence-corrected chi connectivity index (χ2v) is 5.98. The van der Waals surface area contributed by atoms with Crippen LogP contribution in [0.1, 0.15) is 63.1 Å². The van der Waals surface area contributed by atoms with Crippen molar-refractivity contribution in [1.82, 2.24) is 10.1 Å². The molecule has 118 valence electrons. The lowest BCUT2D eigenvalue weighted by molar-refractivity contribution is -0.0777. The quantitative estimate of drug-likeness (QED) is 0.917. The smallest absolute Gasteiger partial charge is 0.234 e. The molecule has 1 aromatic rings. The lowest BCUT2D eigenvalue weighted by Crippen LogP contribution is -2.34. The van der Waals surface area contributed by atoms with Gasteiger partial charge in [-0.25, -0.2) is 0 Å². The summed E-state index contributed by atoms with van der Waals surface area (Å²) in [6.45, 7) is 3.65. The molecule has 21 heavy (non-hydrogen) atoms. The Bertz CT molecular complexity index is 451. The van der Waals surface area contributed by atoms with Crippen molar-refractivity contribution in [2.24, 2.45) is 0 Å². The van der Waals surface area contributed by atoms with Crippen LogP contribution in [0, 0.1) is 0 Å². The highest BCUT2D eigenvalue weighted by atomic mass is 16.5. The van der Waals surface area contributed by atoms with E-state index in [0.29, 0.717) is 38.0 Å². The number of aromatic nitrogens is 2. The largest absolute Gasteiger partial charge is 0.392 e. The second kappa shape index (κ2) is 6.42. The first kappa shape index (κ1) is 14.9. The molecule has 1 aromatic heterocycles. The van der Waals surface area contributed by atoms with E-state index in [4.69, 9.17) is 14.0 Å². The number of hydrogen-bond donors (Lipinski definition) is 1. The molecule has 1 N–H and O–H groups in total. The minimum absolute atomic E-state index is 0.220. The summed E-state index contributed by atoms with van der Waals surface area (Å²) < 4.78 is 16.8. The molecule has 3 rings (SSSR count). The zero-order chi connectivity index (χ0) is 14.7. The van der Waals surface area contributed by atoms with E-state index in [-0.39, 0.29) is 5.92 Å². The third-order valence-corrected chi connectivity index (χ3v) is 4.57. The van der Waals surface area contributed by atoms with E-state index < -0.39 is 11.7 Å². The number of aliphatic hydroxyl groups excluding tert-OH is 1. The van der Waals surface area contributed by atoms with Gasteiger partial charge in [-0.15, -0.1) is 0 Å². The number of ether oxygens (including phenoxy) is 2. The molecule has 2 atom stereocenters. The molecule has 1 saturated heterocycles. The van der Waals surface area contributed by atoms with E-state index >= 15 is 0 Å². The highest BCUT2D eigenvalue weighted by Gasteiger charge is 2.40. The Kier molecular flexibility index (Phi) is 4.57. The predicted molar refractivity (Wildman–Crippen MR) is 74.9 cm³/mol. The number of aliphatic hydroxyl groups is 1. The Morgan fingerprint density at radius 1 is 1.33 bits per heavy atom. The van der Waals surface area contributed by atoms with Crippen LogP contribution < -0.4 is 0 Å². The lowest BCUT2D eigenvalue weighted by Gasteiger charge is -2.34. The van der Waals surface area contributed by atoms with Crippen LogP contribution in [0.4, 0.5) is 0 Å². The van der Waals surface area contributed by atoms with Crippen LogP contribution in [0.15, 0.2) is 4.52 Å². The summed E-state index contributed by atoms with van der Waals surface area (Å²) >= 11 is 0. The lowest BCUT2D eigenvalue weighted by atomic mass is 9.84. The molecule has 0 radical (unpaired) electrons. The summed E-state index contributed by atoms with van der Waals surface area (Å²) in [6.07, 6.45) is 5.49. The van der Waals surface area contributed by atoms with E-state index in [1.807, 2.05) is 6.92 Å². The van der Waals surface area contributed by atoms with E-state index in [9.17, 15) is 5.11 Å². The predicted octanol–water partition coefficient (Wildman–Crippen LogP) is 2.13. The summed E-state index contributed by atoms with van der Waals surface area (Å²) in [5, 5.41) is 14.2. The molecule has 6 nitrogen and oxygen atoms in total. The Balaban J connectivity index is 1.81. The van der Waals surface area contributed by atoms with Crippen LogP contribution in [0.2, 0.25) is 0 Å². The van der Waals surface area contributed by atoms with Crippen LogP contribution in [0.25, 0.3) is 0 Å². The molecule has 0 bridgehead atoms. The summed E-state index contributed by atoms with van der Waals surface area (Å²) in [5.74, 6) is 0.890. The van der Waals surface area contributed by atoms with Crippen LogP contribution >= 0.6 is 0 Å². The van der Waals surface area contributed by atoms with E-state index in [2.05, 4.69) is 10.1 Å². The van der Waals surface area contributed by atoms with Gasteiger partial charge in [0.15, 0.2) is 0 Å². The van der Waals surface area contributed by atoms with Crippen molar-refractivity contribution in [1.29, 1.82) is 0 Å². The highest BCUT2D eigenvalue weighted by Crippen LogP contribution is 2.39. The van der Waals surface area contributed by atoms with Crippen molar-refractivity contribution in [3.05, 3.63) is 11.7 Å². The summed E-state index contributed by atoms with van der Waals surface area (Å²) in [6, 6.07) is 0. The maximum absolute atomic E-state index is 10.1. The maximum atomic E-state index is 10.1. The third-order valence-electron chi connectivity index (χ3n) is 4.57. The third kappa shape index (κ3) is 2.98. The SMILES string of the molecule is CCOC1(c2noc(C3COCCC3O)n2)CCCCC1. The minimum atomic E-state index is -0.471. The number of hydrogen-bond acceptors (Lipinski definition) is 6. The van der Waals surface area contributed by atoms with Crippen LogP contribution in [0.5, 0.6) is 0 Å². The molecule has 2 unspecified atom stereocenters. The van der Waals surface area contributed by atoms with Crippen LogP contribution in [0.3, 0.4) is 0 Å². The molecule has 2 fully saturated rings. The van der Waals surface area contributed by atoms with Gasteiger partial charge >= 0.3 is 0 Å². The first-order chi connectivity index (χ1) is 10.2. The average molecular weight is 296 g/mol. The standard InChI is InChI=1S/C15H24N2O4/c1-2-20-15(7-4-3-5-8-15)14-16-13(21-17-14)11-10-19-9-6-12(11)18/h11-12,18H,2-10H2,1H3. The Morgan fingerprint density at radius 3 is 2.86 bits per heavy atom. The van der Waals surface area contributed by atoms with Gasteiger partial charge in [-0.3, -0.25) is 0 Å². The first-order valence-electron chi connectivity index (χ1n) is 7.99. The van der Waals surface area contributed by atoms with Crippen LogP contribution in [-0.4, -0.2) is 41.2 Å². The number of rotatable bonds is 4. The van der Waals surface area contributed by atoms with Gasteiger partial charge < -0.3 is 19.1 Å². The Morgan fingerprint density at radius 2 is 2.14 bits per heavy atom. The van der Waals surface area contributed by atoms with Crippen molar-refractivity contribution in [2.45, 2.75) is 63.1 Å². The van der Waals surface area contributed by atoms with Crippen molar-refractivity contribution >= 4 is 0 Å². The maximum Gasteiger partial charge on any atom is 0.234 e. The highest BCUT2D eigenvalue weighted by molar-refractivity contribution is 5.07. The molecule has 1 saturated carbocycles. The molecule has 1 aliphatic carbocycles. The fourth-order valence-electron chi connectivity index (χ4n) is 3.37. The summed E-state index contributed by atoms with van der Waals surface area (Å²) in [5.41, 5.74) is -0.408. The summed E-state index contributed by atoms with van der Waals surface area (Å²) in [7, 11) is 0. The van der Waals surface area contributed by atoms with Gasteiger partial charge in [0.25, 0.3) is 0 Å². The molecule has 0 amide bonds. The zero-order valence-corrected chi connectivity index (χ0v) is 12.6. The molecule has 0 aromatic carbocycles. The molecule has 2 heterocycles. The molecular formula is C15H24N2O4. The summed E-state index contributed by atoms with van der Waals surface area (Å²) in [4.78, 5) is 4.56. The minimum Gasteiger partial charge on any atom is -0.392 e. The fraction of sp³-hybridized carbons (Fsp3) is 0.867. The van der Waals surface area contributed by atoms with Crippen molar-refractivity contribution in [2.75, 3.05) is 19.8 Å². The van der Waals surface area contributed by atoms with Crippen molar-refractivity contribution < 1.29 is 19.1 Å². The topological polar surface area (TPSA) is 77.6 Å². The second-order valence-electron chi connectivity index (χ2n) is 5.98. The van der Waals surface area contributed by atoms with Crippen molar-refractivity contribution in [3.63, 3.8) is 0 Å². The van der Waals surface area contributed by atoms with Gasteiger partial charge in [-0.05, 0) is 26.2 Å². The van der Waals surface area contributed by atoms with Gasteiger partial charge in [-0.1, -0.05) is 24.4 Å². The monoisotopic (exact) mass is 296 g/mol. The molecular weight excluding hydrogens is 272 g/mol. The van der Waals surface area contributed by atoms with Gasteiger partial charge in [0.1, 0.15) is 5.60 Å².